The third-order valence-corrected chi connectivity index (χ3v) is 2.67. The Morgan fingerprint density at radius 2 is 1.81 bits per heavy atom. The van der Waals surface area contributed by atoms with Crippen molar-refractivity contribution in [1.82, 2.24) is 0 Å². The Morgan fingerprint density at radius 1 is 1.25 bits per heavy atom. The van der Waals surface area contributed by atoms with Gasteiger partial charge in [-0.15, -0.1) is 11.8 Å². The molecule has 0 radical (unpaired) electrons. The summed E-state index contributed by atoms with van der Waals surface area (Å²) in [6.45, 7) is 0. The second-order valence-corrected chi connectivity index (χ2v) is 4.00. The Hall–Kier alpha value is -0.940. The summed E-state index contributed by atoms with van der Waals surface area (Å²) in [6.07, 6.45) is -3.11. The first-order chi connectivity index (χ1) is 7.43. The van der Waals surface area contributed by atoms with Crippen LogP contribution in [0.15, 0.2) is 35.2 Å². The lowest BCUT2D eigenvalue weighted by Crippen LogP contribution is -2.25. The molecule has 0 aliphatic carbocycles. The minimum Gasteiger partial charge on any atom is -0.380 e. The Bertz CT molecular complexity index is 356. The molecule has 1 nitrogen and oxygen atoms in total. The summed E-state index contributed by atoms with van der Waals surface area (Å²) in [5, 5.41) is 8.73. The number of aliphatic hydroxyl groups is 1. The molecule has 0 unspecified atom stereocenters. The van der Waals surface area contributed by atoms with Crippen LogP contribution in [-0.4, -0.2) is 23.6 Å². The van der Waals surface area contributed by atoms with Gasteiger partial charge >= 0.3 is 6.18 Å². The number of hydrogen-bond acceptors (Lipinski definition) is 2. The van der Waals surface area contributed by atoms with Gasteiger partial charge in [0.15, 0.2) is 6.10 Å². The highest BCUT2D eigenvalue weighted by atomic mass is 32.2. The molecule has 1 atom stereocenters. The first kappa shape index (κ1) is 13.1. The molecule has 5 heteroatoms. The molecule has 0 amide bonds. The maximum Gasteiger partial charge on any atom is 0.417 e. The van der Waals surface area contributed by atoms with Gasteiger partial charge in [-0.1, -0.05) is 18.2 Å². The van der Waals surface area contributed by atoms with Crippen molar-refractivity contribution in [2.24, 2.45) is 0 Å². The third kappa shape index (κ3) is 3.90. The van der Waals surface area contributed by atoms with Gasteiger partial charge in [0.05, 0.1) is 0 Å². The average molecular weight is 248 g/mol. The molecule has 0 fully saturated rings. The van der Waals surface area contributed by atoms with E-state index in [-0.39, 0.29) is 0 Å². The number of thioether (sulfide) groups is 1. The van der Waals surface area contributed by atoms with E-state index in [1.54, 1.807) is 23.9 Å². The summed E-state index contributed by atoms with van der Waals surface area (Å²) >= 11 is 1.55. The molecule has 16 heavy (non-hydrogen) atoms. The molecule has 0 aliphatic heterocycles. The molecule has 1 aromatic rings. The minimum atomic E-state index is -4.60. The van der Waals surface area contributed by atoms with Crippen molar-refractivity contribution in [3.8, 4) is 0 Å². The van der Waals surface area contributed by atoms with E-state index in [0.717, 1.165) is 11.0 Å². The van der Waals surface area contributed by atoms with Gasteiger partial charge < -0.3 is 5.11 Å². The van der Waals surface area contributed by atoms with E-state index in [0.29, 0.717) is 5.56 Å². The van der Waals surface area contributed by atoms with Crippen LogP contribution >= 0.6 is 11.8 Å². The zero-order valence-corrected chi connectivity index (χ0v) is 9.35. The van der Waals surface area contributed by atoms with Crippen LogP contribution in [0.5, 0.6) is 0 Å². The summed E-state index contributed by atoms with van der Waals surface area (Å²) in [5.74, 6) is 0. The second-order valence-electron chi connectivity index (χ2n) is 3.12. The first-order valence-corrected chi connectivity index (χ1v) is 5.73. The Labute approximate surface area is 96.0 Å². The average Bonchev–Trinajstić information content (AvgIpc) is 2.25. The summed E-state index contributed by atoms with van der Waals surface area (Å²) in [4.78, 5) is 1.04. The van der Waals surface area contributed by atoms with Crippen molar-refractivity contribution in [1.29, 1.82) is 0 Å². The highest BCUT2D eigenvalue weighted by molar-refractivity contribution is 7.98. The standard InChI is InChI=1S/C11H11F3OS/c1-16-9-5-2-8(3-6-9)4-7-10(15)11(12,13)14/h2-7,10,15H,1H3/b7-4+/t10-/m0/s1. The van der Waals surface area contributed by atoms with Crippen LogP contribution in [0.1, 0.15) is 5.56 Å². The van der Waals surface area contributed by atoms with Crippen LogP contribution < -0.4 is 0 Å². The predicted molar refractivity (Wildman–Crippen MR) is 59.3 cm³/mol. The van der Waals surface area contributed by atoms with E-state index >= 15 is 0 Å². The van der Waals surface area contributed by atoms with Gasteiger partial charge in [-0.25, -0.2) is 0 Å². The van der Waals surface area contributed by atoms with Crippen molar-refractivity contribution in [2.75, 3.05) is 6.26 Å². The lowest BCUT2D eigenvalue weighted by atomic mass is 10.2. The Kier molecular flexibility index (Phi) is 4.44. The summed E-state index contributed by atoms with van der Waals surface area (Å²) in [6, 6.07) is 7.02. The number of aliphatic hydroxyl groups excluding tert-OH is 1. The molecule has 0 spiro atoms. The van der Waals surface area contributed by atoms with Gasteiger partial charge in [-0.3, -0.25) is 0 Å². The highest BCUT2D eigenvalue weighted by Gasteiger charge is 2.35. The third-order valence-electron chi connectivity index (χ3n) is 1.92. The fourth-order valence-corrected chi connectivity index (χ4v) is 1.43. The molecule has 0 heterocycles. The van der Waals surface area contributed by atoms with E-state index in [2.05, 4.69) is 0 Å². The maximum atomic E-state index is 12.0. The van der Waals surface area contributed by atoms with E-state index < -0.39 is 12.3 Å². The molecule has 0 saturated heterocycles. The van der Waals surface area contributed by atoms with Crippen molar-refractivity contribution in [2.45, 2.75) is 17.2 Å². The molecule has 88 valence electrons. The normalized spacial score (nSPS) is 14.3. The largest absolute Gasteiger partial charge is 0.417 e. The SMILES string of the molecule is CSc1ccc(/C=C/[C@H](O)C(F)(F)F)cc1. The van der Waals surface area contributed by atoms with Crippen molar-refractivity contribution >= 4 is 17.8 Å². The van der Waals surface area contributed by atoms with Gasteiger partial charge in [-0.05, 0) is 30.0 Å². The zero-order chi connectivity index (χ0) is 12.2. The van der Waals surface area contributed by atoms with Crippen molar-refractivity contribution in [3.63, 3.8) is 0 Å². The van der Waals surface area contributed by atoms with Crippen molar-refractivity contribution in [3.05, 3.63) is 35.9 Å². The van der Waals surface area contributed by atoms with E-state index in [4.69, 9.17) is 5.11 Å². The topological polar surface area (TPSA) is 20.2 Å². The number of halogens is 3. The van der Waals surface area contributed by atoms with Crippen molar-refractivity contribution < 1.29 is 18.3 Å². The molecular formula is C11H11F3OS. The quantitative estimate of drug-likeness (QED) is 0.828. The monoisotopic (exact) mass is 248 g/mol. The van der Waals surface area contributed by atoms with Crippen LogP contribution in [0.2, 0.25) is 0 Å². The smallest absolute Gasteiger partial charge is 0.380 e. The molecule has 0 bridgehead atoms. The van der Waals surface area contributed by atoms with Gasteiger partial charge in [-0.2, -0.15) is 13.2 Å². The minimum absolute atomic E-state index is 0.626. The first-order valence-electron chi connectivity index (χ1n) is 4.50. The van der Waals surface area contributed by atoms with Gasteiger partial charge in [0.25, 0.3) is 0 Å². The summed E-state index contributed by atoms with van der Waals surface area (Å²) < 4.78 is 35.9. The number of alkyl halides is 3. The van der Waals surface area contributed by atoms with Gasteiger partial charge in [0.1, 0.15) is 0 Å². The van der Waals surface area contributed by atoms with E-state index in [9.17, 15) is 13.2 Å². The highest BCUT2D eigenvalue weighted by Crippen LogP contribution is 2.22. The van der Waals surface area contributed by atoms with E-state index in [1.807, 2.05) is 18.4 Å². The number of rotatable bonds is 3. The molecule has 1 N–H and O–H groups in total. The molecule has 1 rings (SSSR count). The van der Waals surface area contributed by atoms with Crippen LogP contribution in [0.3, 0.4) is 0 Å². The fourth-order valence-electron chi connectivity index (χ4n) is 1.03. The van der Waals surface area contributed by atoms with Crippen LogP contribution in [0, 0.1) is 0 Å². The summed E-state index contributed by atoms with van der Waals surface area (Å²) in [7, 11) is 0. The molecule has 1 aromatic carbocycles. The zero-order valence-electron chi connectivity index (χ0n) is 8.53. The molecule has 0 saturated carbocycles. The van der Waals surface area contributed by atoms with E-state index in [1.165, 1.54) is 6.08 Å². The van der Waals surface area contributed by atoms with Gasteiger partial charge in [0, 0.05) is 4.90 Å². The lowest BCUT2D eigenvalue weighted by molar-refractivity contribution is -0.187. The summed E-state index contributed by atoms with van der Waals surface area (Å²) in [5.41, 5.74) is 0.626. The molecule has 0 aromatic heterocycles. The lowest BCUT2D eigenvalue weighted by Gasteiger charge is -2.09. The van der Waals surface area contributed by atoms with Crippen LogP contribution in [0.4, 0.5) is 13.2 Å². The van der Waals surface area contributed by atoms with Gasteiger partial charge in [0.2, 0.25) is 0 Å². The van der Waals surface area contributed by atoms with Crippen LogP contribution in [0.25, 0.3) is 6.08 Å². The Morgan fingerprint density at radius 3 is 2.25 bits per heavy atom. The molecular weight excluding hydrogens is 237 g/mol. The number of benzene rings is 1. The fraction of sp³-hybridized carbons (Fsp3) is 0.273. The Balaban J connectivity index is 2.69. The predicted octanol–water partition coefficient (Wildman–Crippen LogP) is 3.34. The maximum absolute atomic E-state index is 12.0. The second kappa shape index (κ2) is 5.41. The number of hydrogen-bond donors (Lipinski definition) is 1. The van der Waals surface area contributed by atoms with Crippen LogP contribution in [-0.2, 0) is 0 Å². The molecule has 0 aliphatic rings.